The van der Waals surface area contributed by atoms with E-state index < -0.39 is 0 Å². The van der Waals surface area contributed by atoms with Crippen LogP contribution in [0.2, 0.25) is 0 Å². The van der Waals surface area contributed by atoms with E-state index in [4.69, 9.17) is 0 Å². The van der Waals surface area contributed by atoms with Gasteiger partial charge in [0.25, 0.3) is 0 Å². The minimum atomic E-state index is 0.506. The molecule has 0 amide bonds. The largest absolute Gasteiger partial charge is 0.292 e. The van der Waals surface area contributed by atoms with Crippen molar-refractivity contribution < 1.29 is 0 Å². The van der Waals surface area contributed by atoms with Crippen LogP contribution in [0, 0.1) is 3.57 Å². The van der Waals surface area contributed by atoms with E-state index in [0.29, 0.717) is 6.04 Å². The van der Waals surface area contributed by atoms with Crippen molar-refractivity contribution in [2.75, 3.05) is 6.54 Å². The van der Waals surface area contributed by atoms with Gasteiger partial charge in [0.2, 0.25) is 0 Å². The number of hydrogen-bond acceptors (Lipinski definition) is 2. The van der Waals surface area contributed by atoms with Crippen LogP contribution >= 0.6 is 33.9 Å². The molecule has 0 fully saturated rings. The van der Waals surface area contributed by atoms with Gasteiger partial charge in [-0.2, -0.15) is 0 Å². The lowest BCUT2D eigenvalue weighted by molar-refractivity contribution is 0.193. The van der Waals surface area contributed by atoms with Gasteiger partial charge in [-0.3, -0.25) is 4.90 Å². The van der Waals surface area contributed by atoms with E-state index in [9.17, 15) is 0 Å². The molecule has 0 spiro atoms. The molecule has 1 atom stereocenters. The molecule has 1 aromatic heterocycles. The van der Waals surface area contributed by atoms with Gasteiger partial charge in [-0.1, -0.05) is 18.2 Å². The molecule has 0 aliphatic carbocycles. The van der Waals surface area contributed by atoms with Crippen LogP contribution in [0.25, 0.3) is 0 Å². The lowest BCUT2D eigenvalue weighted by Crippen LogP contribution is -2.32. The highest BCUT2D eigenvalue weighted by Crippen LogP contribution is 2.31. The van der Waals surface area contributed by atoms with E-state index in [2.05, 4.69) is 70.1 Å². The van der Waals surface area contributed by atoms with E-state index in [1.165, 1.54) is 27.7 Å². The van der Waals surface area contributed by atoms with Gasteiger partial charge in [0.15, 0.2) is 0 Å². The lowest BCUT2D eigenvalue weighted by atomic mass is 10.0. The molecule has 1 nitrogen and oxygen atoms in total. The first-order valence-electron chi connectivity index (χ1n) is 6.29. The molecule has 1 aromatic carbocycles. The third-order valence-corrected chi connectivity index (χ3v) is 5.75. The number of benzene rings is 1. The zero-order valence-electron chi connectivity index (χ0n) is 10.4. The average Bonchev–Trinajstić information content (AvgIpc) is 2.85. The second-order valence-corrected chi connectivity index (χ2v) is 6.95. The smallest absolute Gasteiger partial charge is 0.0334 e. The summed E-state index contributed by atoms with van der Waals surface area (Å²) in [6.07, 6.45) is 1.21. The number of fused-ring (bicyclic) bond motifs is 1. The van der Waals surface area contributed by atoms with Crippen molar-refractivity contribution in [3.05, 3.63) is 55.3 Å². The molecule has 0 radical (unpaired) electrons. The SMILES string of the molecule is CC(c1ccccc1I)N1CCc2sccc2C1. The lowest BCUT2D eigenvalue weighted by Gasteiger charge is -2.33. The fraction of sp³-hybridized carbons (Fsp3) is 0.333. The van der Waals surface area contributed by atoms with Crippen molar-refractivity contribution in [2.24, 2.45) is 0 Å². The minimum absolute atomic E-state index is 0.506. The third-order valence-electron chi connectivity index (χ3n) is 3.74. The van der Waals surface area contributed by atoms with E-state index in [1.54, 1.807) is 4.88 Å². The fourth-order valence-electron chi connectivity index (χ4n) is 2.61. The summed E-state index contributed by atoms with van der Waals surface area (Å²) in [5, 5.41) is 2.23. The van der Waals surface area contributed by atoms with Gasteiger partial charge in [0.05, 0.1) is 0 Å². The summed E-state index contributed by atoms with van der Waals surface area (Å²) >= 11 is 4.36. The highest BCUT2D eigenvalue weighted by atomic mass is 127. The number of rotatable bonds is 2. The summed E-state index contributed by atoms with van der Waals surface area (Å²) in [5.41, 5.74) is 2.99. The summed E-state index contributed by atoms with van der Waals surface area (Å²) in [4.78, 5) is 4.17. The summed E-state index contributed by atoms with van der Waals surface area (Å²) in [5.74, 6) is 0. The Bertz CT molecular complexity index is 549. The maximum atomic E-state index is 2.59. The molecule has 94 valence electrons. The quantitative estimate of drug-likeness (QED) is 0.706. The number of nitrogens with zero attached hydrogens (tertiary/aromatic N) is 1. The van der Waals surface area contributed by atoms with Gasteiger partial charge < -0.3 is 0 Å². The van der Waals surface area contributed by atoms with Crippen LogP contribution in [0.15, 0.2) is 35.7 Å². The second kappa shape index (κ2) is 5.31. The topological polar surface area (TPSA) is 3.24 Å². The Morgan fingerprint density at radius 1 is 1.28 bits per heavy atom. The van der Waals surface area contributed by atoms with Crippen LogP contribution in [0.5, 0.6) is 0 Å². The zero-order chi connectivity index (χ0) is 12.5. The summed E-state index contributed by atoms with van der Waals surface area (Å²) in [7, 11) is 0. The Morgan fingerprint density at radius 3 is 2.94 bits per heavy atom. The van der Waals surface area contributed by atoms with E-state index in [0.717, 1.165) is 6.54 Å². The van der Waals surface area contributed by atoms with Crippen LogP contribution in [-0.2, 0) is 13.0 Å². The van der Waals surface area contributed by atoms with Crippen LogP contribution in [0.4, 0.5) is 0 Å². The summed E-state index contributed by atoms with van der Waals surface area (Å²) in [6, 6.07) is 11.5. The Hall–Kier alpha value is -0.390. The highest BCUT2D eigenvalue weighted by Gasteiger charge is 2.23. The van der Waals surface area contributed by atoms with Gasteiger partial charge in [0, 0.05) is 27.6 Å². The van der Waals surface area contributed by atoms with Gasteiger partial charge >= 0.3 is 0 Å². The average molecular weight is 369 g/mol. The second-order valence-electron chi connectivity index (χ2n) is 4.79. The summed E-state index contributed by atoms with van der Waals surface area (Å²) in [6.45, 7) is 4.61. The summed E-state index contributed by atoms with van der Waals surface area (Å²) < 4.78 is 1.37. The van der Waals surface area contributed by atoms with Gasteiger partial charge in [-0.25, -0.2) is 0 Å². The molecular weight excluding hydrogens is 353 g/mol. The van der Waals surface area contributed by atoms with E-state index in [1.807, 2.05) is 11.3 Å². The number of hydrogen-bond donors (Lipinski definition) is 0. The number of halogens is 1. The van der Waals surface area contributed by atoms with Gasteiger partial charge in [-0.05, 0) is 64.6 Å². The molecule has 0 saturated carbocycles. The standard InChI is InChI=1S/C15H16INS/c1-11(13-4-2-3-5-14(13)16)17-8-6-15-12(10-17)7-9-18-15/h2-5,7,9,11H,6,8,10H2,1H3. The molecule has 1 aliphatic rings. The molecule has 3 rings (SSSR count). The van der Waals surface area contributed by atoms with Crippen molar-refractivity contribution in [1.29, 1.82) is 0 Å². The van der Waals surface area contributed by atoms with Crippen LogP contribution in [0.3, 0.4) is 0 Å². The first-order valence-corrected chi connectivity index (χ1v) is 8.25. The molecule has 2 aromatic rings. The maximum absolute atomic E-state index is 2.59. The van der Waals surface area contributed by atoms with Crippen LogP contribution in [-0.4, -0.2) is 11.4 Å². The first-order chi connectivity index (χ1) is 8.75. The minimum Gasteiger partial charge on any atom is -0.292 e. The Kier molecular flexibility index (Phi) is 3.73. The monoisotopic (exact) mass is 369 g/mol. The predicted octanol–water partition coefficient (Wildman–Crippen LogP) is 4.47. The fourth-order valence-corrected chi connectivity index (χ4v) is 4.34. The molecule has 0 saturated heterocycles. The van der Waals surface area contributed by atoms with Crippen molar-refractivity contribution in [2.45, 2.75) is 25.9 Å². The van der Waals surface area contributed by atoms with Crippen LogP contribution in [0.1, 0.15) is 29.0 Å². The normalized spacial score (nSPS) is 17.4. The van der Waals surface area contributed by atoms with E-state index >= 15 is 0 Å². The van der Waals surface area contributed by atoms with Crippen molar-refractivity contribution in [3.8, 4) is 0 Å². The van der Waals surface area contributed by atoms with E-state index in [-0.39, 0.29) is 0 Å². The Labute approximate surface area is 126 Å². The zero-order valence-corrected chi connectivity index (χ0v) is 13.4. The highest BCUT2D eigenvalue weighted by molar-refractivity contribution is 14.1. The molecule has 0 N–H and O–H groups in total. The molecule has 1 unspecified atom stereocenters. The van der Waals surface area contributed by atoms with Crippen molar-refractivity contribution in [1.82, 2.24) is 4.90 Å². The molecular formula is C15H16INS. The third kappa shape index (κ3) is 2.36. The molecule has 2 heterocycles. The maximum Gasteiger partial charge on any atom is 0.0334 e. The Morgan fingerprint density at radius 2 is 2.11 bits per heavy atom. The first kappa shape index (κ1) is 12.6. The molecule has 3 heteroatoms. The molecule has 1 aliphatic heterocycles. The van der Waals surface area contributed by atoms with Gasteiger partial charge in [0.1, 0.15) is 0 Å². The van der Waals surface area contributed by atoms with Crippen LogP contribution < -0.4 is 0 Å². The predicted molar refractivity (Wildman–Crippen MR) is 86.0 cm³/mol. The molecule has 0 bridgehead atoms. The number of thiophene rings is 1. The Balaban J connectivity index is 1.83. The van der Waals surface area contributed by atoms with Crippen molar-refractivity contribution >= 4 is 33.9 Å². The van der Waals surface area contributed by atoms with Crippen molar-refractivity contribution in [3.63, 3.8) is 0 Å². The molecule has 18 heavy (non-hydrogen) atoms. The van der Waals surface area contributed by atoms with Gasteiger partial charge in [-0.15, -0.1) is 11.3 Å².